The topological polar surface area (TPSA) is 47.5 Å². The van der Waals surface area contributed by atoms with Crippen molar-refractivity contribution in [2.75, 3.05) is 27.2 Å². The number of unbranched alkanes of at least 4 members (excludes halogenated alkanes) is 11. The fourth-order valence-electron chi connectivity index (χ4n) is 4.97. The Balaban J connectivity index is 0. The molecule has 5 heteroatoms. The molecule has 196 valence electrons. The number of epoxide rings is 1. The maximum Gasteiger partial charge on any atom is 0.104 e. The van der Waals surface area contributed by atoms with Crippen molar-refractivity contribution in [2.45, 2.75) is 109 Å². The summed E-state index contributed by atoms with van der Waals surface area (Å²) >= 11 is 0. The first-order valence-corrected chi connectivity index (χ1v) is 13.1. The van der Waals surface area contributed by atoms with E-state index in [9.17, 15) is 0 Å². The van der Waals surface area contributed by atoms with Gasteiger partial charge in [-0.15, -0.1) is 12.4 Å². The SMILES string of the molecule is CCCCCCCCCCCCCCC(CC1CO1)C[N+](C)(C)Cc1ccccc1.Cl.N.[Cl-]. The lowest BCUT2D eigenvalue weighted by molar-refractivity contribution is -0.907. The predicted molar refractivity (Wildman–Crippen MR) is 143 cm³/mol. The van der Waals surface area contributed by atoms with Crippen LogP contribution in [-0.4, -0.2) is 37.8 Å². The molecule has 3 N–H and O–H groups in total. The van der Waals surface area contributed by atoms with E-state index in [-0.39, 0.29) is 31.0 Å². The van der Waals surface area contributed by atoms with Gasteiger partial charge in [-0.1, -0.05) is 114 Å². The van der Waals surface area contributed by atoms with Crippen molar-refractivity contribution in [2.24, 2.45) is 5.92 Å². The third-order valence-electron chi connectivity index (χ3n) is 6.67. The lowest BCUT2D eigenvalue weighted by atomic mass is 9.94. The summed E-state index contributed by atoms with van der Waals surface area (Å²) in [4.78, 5) is 0. The number of quaternary nitrogens is 1. The molecule has 3 nitrogen and oxygen atoms in total. The van der Waals surface area contributed by atoms with Crippen molar-refractivity contribution in [3.8, 4) is 0 Å². The van der Waals surface area contributed by atoms with Crippen LogP contribution in [0.2, 0.25) is 0 Å². The van der Waals surface area contributed by atoms with Crippen LogP contribution in [0.3, 0.4) is 0 Å². The first kappa shape index (κ1) is 34.8. The summed E-state index contributed by atoms with van der Waals surface area (Å²) in [6.07, 6.45) is 20.4. The molecule has 0 saturated carbocycles. The summed E-state index contributed by atoms with van der Waals surface area (Å²) in [5, 5.41) is 0. The van der Waals surface area contributed by atoms with E-state index in [4.69, 9.17) is 4.74 Å². The van der Waals surface area contributed by atoms with Crippen LogP contribution in [0.1, 0.15) is 102 Å². The molecule has 2 unspecified atom stereocenters. The number of benzene rings is 1. The minimum Gasteiger partial charge on any atom is -1.00 e. The molecule has 1 aliphatic heterocycles. The van der Waals surface area contributed by atoms with Gasteiger partial charge in [0.15, 0.2) is 0 Å². The van der Waals surface area contributed by atoms with Gasteiger partial charge in [0.25, 0.3) is 0 Å². The molecule has 1 saturated heterocycles. The summed E-state index contributed by atoms with van der Waals surface area (Å²) < 4.78 is 6.66. The second-order valence-corrected chi connectivity index (χ2v) is 10.5. The van der Waals surface area contributed by atoms with Crippen molar-refractivity contribution in [1.29, 1.82) is 0 Å². The number of nitrogens with zero attached hydrogens (tertiary/aromatic N) is 1. The highest BCUT2D eigenvalue weighted by Gasteiger charge is 2.30. The van der Waals surface area contributed by atoms with E-state index < -0.39 is 0 Å². The highest BCUT2D eigenvalue weighted by Crippen LogP contribution is 2.27. The quantitative estimate of drug-likeness (QED) is 0.157. The molecule has 0 amide bonds. The summed E-state index contributed by atoms with van der Waals surface area (Å²) in [5.41, 5.74) is 1.45. The van der Waals surface area contributed by atoms with Crippen LogP contribution in [0.5, 0.6) is 0 Å². The Bertz CT molecular complexity index is 538. The molecule has 1 aliphatic rings. The summed E-state index contributed by atoms with van der Waals surface area (Å²) in [6.45, 7) is 5.70. The van der Waals surface area contributed by atoms with E-state index in [1.54, 1.807) is 0 Å². The third-order valence-corrected chi connectivity index (χ3v) is 6.67. The lowest BCUT2D eigenvalue weighted by Gasteiger charge is -2.34. The van der Waals surface area contributed by atoms with Crippen molar-refractivity contribution in [3.63, 3.8) is 0 Å². The maximum atomic E-state index is 5.58. The Morgan fingerprint density at radius 3 is 1.82 bits per heavy atom. The Hall–Kier alpha value is -0.320. The molecule has 0 spiro atoms. The Kier molecular flexibility index (Phi) is 22.2. The zero-order valence-corrected chi connectivity index (χ0v) is 23.5. The van der Waals surface area contributed by atoms with Gasteiger partial charge in [0.1, 0.15) is 6.54 Å². The van der Waals surface area contributed by atoms with Crippen molar-refractivity contribution >= 4 is 12.4 Å². The van der Waals surface area contributed by atoms with Crippen LogP contribution in [-0.2, 0) is 11.3 Å². The first-order chi connectivity index (χ1) is 14.6. The Morgan fingerprint density at radius 2 is 1.33 bits per heavy atom. The van der Waals surface area contributed by atoms with Crippen LogP contribution < -0.4 is 18.6 Å². The number of hydrogen-bond acceptors (Lipinski definition) is 2. The van der Waals surface area contributed by atoms with Gasteiger partial charge < -0.3 is 27.8 Å². The van der Waals surface area contributed by atoms with E-state index in [1.807, 2.05) is 0 Å². The molecule has 1 aromatic carbocycles. The van der Waals surface area contributed by atoms with Crippen LogP contribution >= 0.6 is 12.4 Å². The molecular formula is C28H54Cl2N2O. The first-order valence-electron chi connectivity index (χ1n) is 13.1. The molecular weight excluding hydrogens is 451 g/mol. The van der Waals surface area contributed by atoms with E-state index >= 15 is 0 Å². The van der Waals surface area contributed by atoms with E-state index in [2.05, 4.69) is 51.4 Å². The highest BCUT2D eigenvalue weighted by molar-refractivity contribution is 5.85. The molecule has 1 aromatic rings. The fraction of sp³-hybridized carbons (Fsp3) is 0.786. The zero-order valence-electron chi connectivity index (χ0n) is 21.9. The lowest BCUT2D eigenvalue weighted by Crippen LogP contribution is -3.00. The molecule has 0 radical (unpaired) electrons. The molecule has 0 aromatic heterocycles. The predicted octanol–water partition coefficient (Wildman–Crippen LogP) is 5.35. The number of hydrogen-bond donors (Lipinski definition) is 1. The average molecular weight is 506 g/mol. The minimum absolute atomic E-state index is 0. The van der Waals surface area contributed by atoms with Gasteiger partial charge in [-0.3, -0.25) is 0 Å². The van der Waals surface area contributed by atoms with Crippen molar-refractivity contribution in [1.82, 2.24) is 6.15 Å². The average Bonchev–Trinajstić information content (AvgIpc) is 3.53. The molecule has 1 heterocycles. The van der Waals surface area contributed by atoms with Crippen LogP contribution in [0.4, 0.5) is 0 Å². The third kappa shape index (κ3) is 18.7. The number of rotatable bonds is 19. The van der Waals surface area contributed by atoms with E-state index in [0.717, 1.165) is 23.6 Å². The largest absolute Gasteiger partial charge is 1.00 e. The second kappa shape index (κ2) is 21.0. The van der Waals surface area contributed by atoms with Gasteiger partial charge in [0.2, 0.25) is 0 Å². The molecule has 2 rings (SSSR count). The maximum absolute atomic E-state index is 5.58. The molecule has 0 aliphatic carbocycles. The van der Waals surface area contributed by atoms with Gasteiger partial charge in [-0.2, -0.15) is 0 Å². The normalized spacial score (nSPS) is 15.7. The fourth-order valence-corrected chi connectivity index (χ4v) is 4.97. The number of halogens is 2. The minimum atomic E-state index is 0. The summed E-state index contributed by atoms with van der Waals surface area (Å²) in [5.74, 6) is 0.805. The monoisotopic (exact) mass is 504 g/mol. The molecule has 0 bridgehead atoms. The standard InChI is InChI=1S/C28H50NO.2ClH.H3N/c1-4-5-6-7-8-9-10-11-12-13-14-16-21-27(22-28-25-30-28)24-29(2,3)23-26-19-17-15-18-20-26;;;/h15,17-20,27-28H,4-14,16,21-25H2,1-3H3;2*1H;1H3/q+1;;;/p-1. The molecule has 2 atom stereocenters. The Labute approximate surface area is 218 Å². The van der Waals surface area contributed by atoms with Crippen LogP contribution in [0.25, 0.3) is 0 Å². The van der Waals surface area contributed by atoms with E-state index in [0.29, 0.717) is 6.10 Å². The summed E-state index contributed by atoms with van der Waals surface area (Å²) in [7, 11) is 4.80. The highest BCUT2D eigenvalue weighted by atomic mass is 35.5. The Morgan fingerprint density at radius 1 is 0.848 bits per heavy atom. The van der Waals surface area contributed by atoms with Crippen LogP contribution in [0.15, 0.2) is 30.3 Å². The van der Waals surface area contributed by atoms with E-state index in [1.165, 1.54) is 102 Å². The zero-order chi connectivity index (χ0) is 21.5. The molecule has 33 heavy (non-hydrogen) atoms. The smallest absolute Gasteiger partial charge is 0.104 e. The second-order valence-electron chi connectivity index (χ2n) is 10.5. The number of ether oxygens (including phenoxy) is 1. The van der Waals surface area contributed by atoms with Crippen LogP contribution in [0, 0.1) is 5.92 Å². The van der Waals surface area contributed by atoms with Crippen molar-refractivity contribution < 1.29 is 21.6 Å². The van der Waals surface area contributed by atoms with Gasteiger partial charge in [0.05, 0.1) is 33.4 Å². The van der Waals surface area contributed by atoms with Gasteiger partial charge in [-0.05, 0) is 12.8 Å². The van der Waals surface area contributed by atoms with Gasteiger partial charge in [-0.25, -0.2) is 0 Å². The van der Waals surface area contributed by atoms with Gasteiger partial charge in [0, 0.05) is 11.5 Å². The van der Waals surface area contributed by atoms with Crippen molar-refractivity contribution in [3.05, 3.63) is 35.9 Å². The molecule has 1 fully saturated rings. The summed E-state index contributed by atoms with van der Waals surface area (Å²) in [6, 6.07) is 11.0. The van der Waals surface area contributed by atoms with Gasteiger partial charge >= 0.3 is 0 Å².